The van der Waals surface area contributed by atoms with Crippen LogP contribution in [0.15, 0.2) is 0 Å². The number of likely N-dealkylation sites (N-methyl/N-ethyl adjacent to an activating group) is 1. The van der Waals surface area contributed by atoms with Gasteiger partial charge in [-0.3, -0.25) is 0 Å². The highest BCUT2D eigenvalue weighted by Crippen LogP contribution is 2.22. The first-order chi connectivity index (χ1) is 8.69. The second-order valence-corrected chi connectivity index (χ2v) is 6.01. The van der Waals surface area contributed by atoms with E-state index in [9.17, 15) is 0 Å². The van der Waals surface area contributed by atoms with Gasteiger partial charge in [0.05, 0.1) is 12.2 Å². The van der Waals surface area contributed by atoms with Crippen LogP contribution in [-0.4, -0.2) is 75.4 Å². The van der Waals surface area contributed by atoms with Crippen LogP contribution in [0, 0.1) is 0 Å². The lowest BCUT2D eigenvalue weighted by Crippen LogP contribution is -2.44. The number of ether oxygens (including phenoxy) is 1. The first-order valence-electron chi connectivity index (χ1n) is 7.38. The van der Waals surface area contributed by atoms with Crippen LogP contribution in [0.5, 0.6) is 0 Å². The van der Waals surface area contributed by atoms with Gasteiger partial charge >= 0.3 is 0 Å². The maximum absolute atomic E-state index is 6.06. The Hall–Kier alpha value is -0.160. The molecule has 2 aliphatic heterocycles. The number of nitrogens with zero attached hydrogens (tertiary/aromatic N) is 2. The van der Waals surface area contributed by atoms with Crippen molar-refractivity contribution < 1.29 is 4.74 Å². The van der Waals surface area contributed by atoms with Gasteiger partial charge in [0.25, 0.3) is 0 Å². The van der Waals surface area contributed by atoms with E-state index in [1.807, 2.05) is 7.05 Å². The summed E-state index contributed by atoms with van der Waals surface area (Å²) in [5.74, 6) is 0. The van der Waals surface area contributed by atoms with Crippen LogP contribution in [0.4, 0.5) is 0 Å². The summed E-state index contributed by atoms with van der Waals surface area (Å²) in [5, 5.41) is 3.21. The second kappa shape index (κ2) is 6.85. The standard InChI is InChI=1S/C14H29N3O/c1-15-10-13-4-5-14(18-13)11-17-8-6-12(7-9-17)16(2)3/h12-15H,4-11H2,1-3H3. The molecule has 106 valence electrons. The van der Waals surface area contributed by atoms with Gasteiger partial charge in [-0.15, -0.1) is 0 Å². The third-order valence-corrected chi connectivity index (χ3v) is 4.38. The van der Waals surface area contributed by atoms with Crippen molar-refractivity contribution in [1.29, 1.82) is 0 Å². The Bertz CT molecular complexity index is 239. The van der Waals surface area contributed by atoms with E-state index >= 15 is 0 Å². The van der Waals surface area contributed by atoms with Gasteiger partial charge in [-0.05, 0) is 59.9 Å². The van der Waals surface area contributed by atoms with Gasteiger partial charge in [0.2, 0.25) is 0 Å². The molecule has 0 aromatic rings. The number of piperidine rings is 1. The van der Waals surface area contributed by atoms with Crippen molar-refractivity contribution >= 4 is 0 Å². The average Bonchev–Trinajstić information content (AvgIpc) is 2.78. The normalized spacial score (nSPS) is 31.3. The predicted octanol–water partition coefficient (Wildman–Crippen LogP) is 0.779. The number of nitrogens with one attached hydrogen (secondary N) is 1. The fraction of sp³-hybridized carbons (Fsp3) is 1.00. The molecule has 0 bridgehead atoms. The molecule has 0 aliphatic carbocycles. The zero-order valence-corrected chi connectivity index (χ0v) is 12.2. The van der Waals surface area contributed by atoms with E-state index in [0.717, 1.165) is 19.1 Å². The molecule has 0 radical (unpaired) electrons. The molecule has 0 amide bonds. The Labute approximate surface area is 112 Å². The summed E-state index contributed by atoms with van der Waals surface area (Å²) in [6.07, 6.45) is 5.98. The zero-order valence-electron chi connectivity index (χ0n) is 12.2. The molecule has 2 fully saturated rings. The lowest BCUT2D eigenvalue weighted by atomic mass is 10.0. The molecule has 2 aliphatic rings. The minimum atomic E-state index is 0.444. The molecule has 0 saturated carbocycles. The summed E-state index contributed by atoms with van der Waals surface area (Å²) < 4.78 is 6.06. The number of likely N-dealkylation sites (tertiary alicyclic amines) is 1. The third kappa shape index (κ3) is 3.92. The number of hydrogen-bond acceptors (Lipinski definition) is 4. The van der Waals surface area contributed by atoms with E-state index in [0.29, 0.717) is 12.2 Å². The van der Waals surface area contributed by atoms with Crippen LogP contribution in [0.3, 0.4) is 0 Å². The molecule has 0 aromatic carbocycles. The monoisotopic (exact) mass is 255 g/mol. The SMILES string of the molecule is CNCC1CCC(CN2CCC(N(C)C)CC2)O1. The van der Waals surface area contributed by atoms with Gasteiger partial charge in [-0.2, -0.15) is 0 Å². The van der Waals surface area contributed by atoms with E-state index < -0.39 is 0 Å². The van der Waals surface area contributed by atoms with E-state index in [1.165, 1.54) is 38.8 Å². The van der Waals surface area contributed by atoms with Gasteiger partial charge in [0, 0.05) is 19.1 Å². The van der Waals surface area contributed by atoms with Crippen molar-refractivity contribution in [3.05, 3.63) is 0 Å². The molecule has 0 spiro atoms. The Morgan fingerprint density at radius 1 is 1.11 bits per heavy atom. The fourth-order valence-electron chi connectivity index (χ4n) is 3.20. The maximum Gasteiger partial charge on any atom is 0.0707 e. The van der Waals surface area contributed by atoms with Crippen LogP contribution in [0.1, 0.15) is 25.7 Å². The fourth-order valence-corrected chi connectivity index (χ4v) is 3.20. The first-order valence-corrected chi connectivity index (χ1v) is 7.38. The molecule has 4 heteroatoms. The van der Waals surface area contributed by atoms with Gasteiger partial charge < -0.3 is 19.9 Å². The van der Waals surface area contributed by atoms with Crippen molar-refractivity contribution in [3.63, 3.8) is 0 Å². The molecule has 18 heavy (non-hydrogen) atoms. The average molecular weight is 255 g/mol. The minimum absolute atomic E-state index is 0.444. The molecule has 1 N–H and O–H groups in total. The Balaban J connectivity index is 1.66. The first kappa shape index (κ1) is 14.3. The maximum atomic E-state index is 6.06. The largest absolute Gasteiger partial charge is 0.372 e. The van der Waals surface area contributed by atoms with Gasteiger partial charge in [0.15, 0.2) is 0 Å². The van der Waals surface area contributed by atoms with Crippen molar-refractivity contribution in [2.24, 2.45) is 0 Å². The van der Waals surface area contributed by atoms with E-state index in [1.54, 1.807) is 0 Å². The van der Waals surface area contributed by atoms with Gasteiger partial charge in [0.1, 0.15) is 0 Å². The van der Waals surface area contributed by atoms with E-state index in [2.05, 4.69) is 29.2 Å². The number of rotatable bonds is 5. The van der Waals surface area contributed by atoms with Gasteiger partial charge in [-0.1, -0.05) is 0 Å². The predicted molar refractivity (Wildman–Crippen MR) is 75.0 cm³/mol. The minimum Gasteiger partial charge on any atom is -0.372 e. The van der Waals surface area contributed by atoms with E-state index in [4.69, 9.17) is 4.74 Å². The van der Waals surface area contributed by atoms with Gasteiger partial charge in [-0.25, -0.2) is 0 Å². The molecule has 2 atom stereocenters. The molecule has 2 rings (SSSR count). The third-order valence-electron chi connectivity index (χ3n) is 4.38. The smallest absolute Gasteiger partial charge is 0.0707 e. The van der Waals surface area contributed by atoms with Crippen LogP contribution < -0.4 is 5.32 Å². The topological polar surface area (TPSA) is 27.7 Å². The Kier molecular flexibility index (Phi) is 5.42. The molecule has 2 saturated heterocycles. The highest BCUT2D eigenvalue weighted by atomic mass is 16.5. The number of hydrogen-bond donors (Lipinski definition) is 1. The molecule has 4 nitrogen and oxygen atoms in total. The Morgan fingerprint density at radius 2 is 1.78 bits per heavy atom. The zero-order chi connectivity index (χ0) is 13.0. The van der Waals surface area contributed by atoms with E-state index in [-0.39, 0.29) is 0 Å². The van der Waals surface area contributed by atoms with Crippen molar-refractivity contribution in [3.8, 4) is 0 Å². The van der Waals surface area contributed by atoms with Crippen molar-refractivity contribution in [1.82, 2.24) is 15.1 Å². The second-order valence-electron chi connectivity index (χ2n) is 6.01. The quantitative estimate of drug-likeness (QED) is 0.786. The highest BCUT2D eigenvalue weighted by Gasteiger charge is 2.28. The highest BCUT2D eigenvalue weighted by molar-refractivity contribution is 4.82. The van der Waals surface area contributed by atoms with Crippen LogP contribution >= 0.6 is 0 Å². The molecular weight excluding hydrogens is 226 g/mol. The van der Waals surface area contributed by atoms with Crippen molar-refractivity contribution in [2.45, 2.75) is 43.9 Å². The lowest BCUT2D eigenvalue weighted by Gasteiger charge is -2.36. The van der Waals surface area contributed by atoms with Crippen LogP contribution in [0.2, 0.25) is 0 Å². The summed E-state index contributed by atoms with van der Waals surface area (Å²) in [4.78, 5) is 4.96. The summed E-state index contributed by atoms with van der Waals surface area (Å²) in [6.45, 7) is 4.61. The molecule has 2 heterocycles. The lowest BCUT2D eigenvalue weighted by molar-refractivity contribution is 0.0156. The van der Waals surface area contributed by atoms with Crippen molar-refractivity contribution in [2.75, 3.05) is 47.3 Å². The summed E-state index contributed by atoms with van der Waals surface area (Å²) in [5.41, 5.74) is 0. The summed E-state index contributed by atoms with van der Waals surface area (Å²) in [6, 6.07) is 0.780. The molecular formula is C14H29N3O. The van der Waals surface area contributed by atoms with Crippen LogP contribution in [0.25, 0.3) is 0 Å². The summed E-state index contributed by atoms with van der Waals surface area (Å²) >= 11 is 0. The van der Waals surface area contributed by atoms with Crippen LogP contribution in [-0.2, 0) is 4.74 Å². The summed E-state index contributed by atoms with van der Waals surface area (Å²) in [7, 11) is 6.40. The molecule has 2 unspecified atom stereocenters. The Morgan fingerprint density at radius 3 is 2.39 bits per heavy atom. The molecule has 0 aromatic heterocycles.